The van der Waals surface area contributed by atoms with E-state index in [1.165, 1.54) is 6.42 Å². The first-order valence-electron chi connectivity index (χ1n) is 9.19. The summed E-state index contributed by atoms with van der Waals surface area (Å²) in [7, 11) is 0. The van der Waals surface area contributed by atoms with Crippen LogP contribution in [0.4, 0.5) is 5.69 Å². The molecule has 27 heavy (non-hydrogen) atoms. The van der Waals surface area contributed by atoms with Gasteiger partial charge in [-0.25, -0.2) is 4.79 Å². The molecule has 0 bridgehead atoms. The number of rotatable bonds is 6. The molecule has 1 amide bonds. The minimum absolute atomic E-state index is 0.0842. The maximum absolute atomic E-state index is 12.8. The quantitative estimate of drug-likeness (QED) is 0.723. The Morgan fingerprint density at radius 1 is 1.04 bits per heavy atom. The molecule has 1 heterocycles. The standard InChI is InChI=1S/C21H23BrN2O3/c22-17-8-9-19(24-12-2-1-3-13-24)18(14-17)20(25)23-11-10-15-4-6-16(7-5-15)21(26)27/h4-9,14H,1-3,10-13H2,(H,23,25)(H,26,27). The molecule has 2 aromatic carbocycles. The Bertz CT molecular complexity index is 815. The average molecular weight is 431 g/mol. The van der Waals surface area contributed by atoms with Gasteiger partial charge in [0.05, 0.1) is 11.1 Å². The van der Waals surface area contributed by atoms with Crippen molar-refractivity contribution in [2.24, 2.45) is 0 Å². The molecule has 0 aliphatic carbocycles. The number of carbonyl (C=O) groups excluding carboxylic acids is 1. The van der Waals surface area contributed by atoms with Crippen molar-refractivity contribution in [3.05, 3.63) is 63.6 Å². The lowest BCUT2D eigenvalue weighted by Crippen LogP contribution is -2.33. The highest BCUT2D eigenvalue weighted by Crippen LogP contribution is 2.27. The fourth-order valence-electron chi connectivity index (χ4n) is 3.33. The molecule has 2 N–H and O–H groups in total. The van der Waals surface area contributed by atoms with Crippen LogP contribution in [0.5, 0.6) is 0 Å². The minimum Gasteiger partial charge on any atom is -0.478 e. The number of carboxylic acids is 1. The van der Waals surface area contributed by atoms with E-state index in [0.717, 1.165) is 41.7 Å². The summed E-state index contributed by atoms with van der Waals surface area (Å²) in [4.78, 5) is 25.9. The number of halogens is 1. The summed E-state index contributed by atoms with van der Waals surface area (Å²) in [6.45, 7) is 2.47. The zero-order chi connectivity index (χ0) is 19.2. The first kappa shape index (κ1) is 19.4. The van der Waals surface area contributed by atoms with Gasteiger partial charge in [0, 0.05) is 29.8 Å². The topological polar surface area (TPSA) is 69.6 Å². The number of carboxylic acid groups (broad SMARTS) is 1. The lowest BCUT2D eigenvalue weighted by molar-refractivity contribution is 0.0696. The van der Waals surface area contributed by atoms with Crippen LogP contribution in [0.1, 0.15) is 45.5 Å². The van der Waals surface area contributed by atoms with Crippen molar-refractivity contribution in [3.63, 3.8) is 0 Å². The SMILES string of the molecule is O=C(O)c1ccc(CCNC(=O)c2cc(Br)ccc2N2CCCCC2)cc1. The second-order valence-electron chi connectivity index (χ2n) is 6.72. The Hall–Kier alpha value is -2.34. The van der Waals surface area contributed by atoms with E-state index >= 15 is 0 Å². The summed E-state index contributed by atoms with van der Waals surface area (Å²) in [5.41, 5.74) is 2.93. The Morgan fingerprint density at radius 3 is 2.41 bits per heavy atom. The van der Waals surface area contributed by atoms with Gasteiger partial charge in [-0.1, -0.05) is 28.1 Å². The first-order valence-corrected chi connectivity index (χ1v) is 9.99. The molecule has 0 aromatic heterocycles. The summed E-state index contributed by atoms with van der Waals surface area (Å²) in [5, 5.41) is 11.9. The largest absolute Gasteiger partial charge is 0.478 e. The minimum atomic E-state index is -0.935. The summed E-state index contributed by atoms with van der Waals surface area (Å²) >= 11 is 3.47. The molecular weight excluding hydrogens is 408 g/mol. The molecule has 1 fully saturated rings. The molecule has 0 atom stereocenters. The smallest absolute Gasteiger partial charge is 0.335 e. The molecule has 6 heteroatoms. The molecule has 1 aliphatic heterocycles. The fraction of sp³-hybridized carbons (Fsp3) is 0.333. The molecular formula is C21H23BrN2O3. The van der Waals surface area contributed by atoms with Crippen LogP contribution in [-0.4, -0.2) is 36.6 Å². The molecule has 1 aliphatic rings. The van der Waals surface area contributed by atoms with Crippen molar-refractivity contribution in [2.75, 3.05) is 24.5 Å². The molecule has 5 nitrogen and oxygen atoms in total. The number of aromatic carboxylic acids is 1. The molecule has 142 valence electrons. The Balaban J connectivity index is 1.63. The van der Waals surface area contributed by atoms with E-state index in [0.29, 0.717) is 18.5 Å². The number of anilines is 1. The van der Waals surface area contributed by atoms with E-state index < -0.39 is 5.97 Å². The number of nitrogens with one attached hydrogen (secondary N) is 1. The third-order valence-electron chi connectivity index (χ3n) is 4.80. The second kappa shape index (κ2) is 9.04. The fourth-order valence-corrected chi connectivity index (χ4v) is 3.69. The van der Waals surface area contributed by atoms with Crippen LogP contribution in [-0.2, 0) is 6.42 Å². The van der Waals surface area contributed by atoms with E-state index in [2.05, 4.69) is 26.1 Å². The van der Waals surface area contributed by atoms with E-state index in [1.54, 1.807) is 24.3 Å². The summed E-state index contributed by atoms with van der Waals surface area (Å²) in [5.74, 6) is -1.02. The molecule has 3 rings (SSSR count). The molecule has 0 spiro atoms. The van der Waals surface area contributed by atoms with E-state index in [-0.39, 0.29) is 11.5 Å². The number of piperidine rings is 1. The van der Waals surface area contributed by atoms with Gasteiger partial charge in [0.2, 0.25) is 0 Å². The molecule has 0 saturated carbocycles. The van der Waals surface area contributed by atoms with Gasteiger partial charge in [-0.15, -0.1) is 0 Å². The van der Waals surface area contributed by atoms with Crippen LogP contribution >= 0.6 is 15.9 Å². The van der Waals surface area contributed by atoms with Gasteiger partial charge >= 0.3 is 5.97 Å². The number of nitrogens with zero attached hydrogens (tertiary/aromatic N) is 1. The maximum atomic E-state index is 12.8. The van der Waals surface area contributed by atoms with Crippen LogP contribution in [0, 0.1) is 0 Å². The molecule has 0 unspecified atom stereocenters. The van der Waals surface area contributed by atoms with Crippen molar-refractivity contribution in [3.8, 4) is 0 Å². The zero-order valence-electron chi connectivity index (χ0n) is 15.1. The van der Waals surface area contributed by atoms with Gasteiger partial charge < -0.3 is 15.3 Å². The highest BCUT2D eigenvalue weighted by Gasteiger charge is 2.18. The predicted molar refractivity (Wildman–Crippen MR) is 110 cm³/mol. The van der Waals surface area contributed by atoms with Crippen LogP contribution in [0.2, 0.25) is 0 Å². The number of carbonyl (C=O) groups is 2. The third kappa shape index (κ3) is 5.10. The normalized spacial score (nSPS) is 14.0. The number of benzene rings is 2. The van der Waals surface area contributed by atoms with Gasteiger partial charge in [0.15, 0.2) is 0 Å². The van der Waals surface area contributed by atoms with Crippen molar-refractivity contribution in [1.82, 2.24) is 5.32 Å². The highest BCUT2D eigenvalue weighted by molar-refractivity contribution is 9.10. The number of hydrogen-bond donors (Lipinski definition) is 2. The molecule has 1 saturated heterocycles. The predicted octanol–water partition coefficient (Wildman–Crippen LogP) is 4.11. The molecule has 0 radical (unpaired) electrons. The Kier molecular flexibility index (Phi) is 6.50. The Labute approximate surface area is 167 Å². The summed E-state index contributed by atoms with van der Waals surface area (Å²) < 4.78 is 0.887. The zero-order valence-corrected chi connectivity index (χ0v) is 16.7. The van der Waals surface area contributed by atoms with Gasteiger partial charge in [-0.05, 0) is 61.6 Å². The number of amides is 1. The monoisotopic (exact) mass is 430 g/mol. The van der Waals surface area contributed by atoms with Crippen LogP contribution < -0.4 is 10.2 Å². The first-order chi connectivity index (χ1) is 13.0. The van der Waals surface area contributed by atoms with Crippen LogP contribution in [0.3, 0.4) is 0 Å². The van der Waals surface area contributed by atoms with Gasteiger partial charge in [0.1, 0.15) is 0 Å². The summed E-state index contributed by atoms with van der Waals surface area (Å²) in [6.07, 6.45) is 4.21. The second-order valence-corrected chi connectivity index (χ2v) is 7.63. The van der Waals surface area contributed by atoms with Crippen molar-refractivity contribution in [1.29, 1.82) is 0 Å². The van der Waals surface area contributed by atoms with E-state index in [4.69, 9.17) is 5.11 Å². The van der Waals surface area contributed by atoms with E-state index in [1.807, 2.05) is 18.2 Å². The third-order valence-corrected chi connectivity index (χ3v) is 5.29. The molecule has 2 aromatic rings. The van der Waals surface area contributed by atoms with Crippen LogP contribution in [0.15, 0.2) is 46.9 Å². The van der Waals surface area contributed by atoms with Crippen molar-refractivity contribution in [2.45, 2.75) is 25.7 Å². The lowest BCUT2D eigenvalue weighted by atomic mass is 10.1. The maximum Gasteiger partial charge on any atom is 0.335 e. The van der Waals surface area contributed by atoms with E-state index in [9.17, 15) is 9.59 Å². The highest BCUT2D eigenvalue weighted by atomic mass is 79.9. The lowest BCUT2D eigenvalue weighted by Gasteiger charge is -2.30. The van der Waals surface area contributed by atoms with Crippen molar-refractivity contribution >= 4 is 33.5 Å². The van der Waals surface area contributed by atoms with Gasteiger partial charge in [0.25, 0.3) is 5.91 Å². The average Bonchev–Trinajstić information content (AvgIpc) is 2.69. The van der Waals surface area contributed by atoms with Crippen molar-refractivity contribution < 1.29 is 14.7 Å². The summed E-state index contributed by atoms with van der Waals surface area (Å²) in [6, 6.07) is 12.6. The van der Waals surface area contributed by atoms with Crippen LogP contribution in [0.25, 0.3) is 0 Å². The van der Waals surface area contributed by atoms with Gasteiger partial charge in [-0.2, -0.15) is 0 Å². The van der Waals surface area contributed by atoms with Gasteiger partial charge in [-0.3, -0.25) is 4.79 Å². The Morgan fingerprint density at radius 2 is 1.74 bits per heavy atom. The number of hydrogen-bond acceptors (Lipinski definition) is 3.